The Morgan fingerprint density at radius 3 is 2.45 bits per heavy atom. The summed E-state index contributed by atoms with van der Waals surface area (Å²) in [5.41, 5.74) is 6.34. The third kappa shape index (κ3) is 4.29. The van der Waals surface area contributed by atoms with E-state index in [1.807, 2.05) is 0 Å². The quantitative estimate of drug-likeness (QED) is 0.706. The molecule has 1 fully saturated rings. The van der Waals surface area contributed by atoms with E-state index in [2.05, 4.69) is 10.6 Å². The van der Waals surface area contributed by atoms with Gasteiger partial charge in [-0.1, -0.05) is 0 Å². The zero-order valence-corrected chi connectivity index (χ0v) is 12.3. The molecule has 0 aliphatic carbocycles. The van der Waals surface area contributed by atoms with Gasteiger partial charge >= 0.3 is 6.03 Å². The lowest BCUT2D eigenvalue weighted by atomic mass is 10.1. The van der Waals surface area contributed by atoms with E-state index in [9.17, 15) is 14.4 Å². The summed E-state index contributed by atoms with van der Waals surface area (Å²) in [5, 5.41) is 5.33. The maximum absolute atomic E-state index is 11.8. The standard InChI is InChI=1S/C15H19N3O4/c1-9(19)10-2-4-11(5-3-10)18-15(21)17-8-12-6-7-13(22-12)14(16)20/h2-5,12-13H,6-8H2,1H3,(H2,16,20)(H2,17,18,21)/t12-,13+/m1/s1. The summed E-state index contributed by atoms with van der Waals surface area (Å²) in [6, 6.07) is 6.24. The molecule has 3 amide bonds. The predicted molar refractivity (Wildman–Crippen MR) is 80.6 cm³/mol. The van der Waals surface area contributed by atoms with Gasteiger partial charge in [-0.2, -0.15) is 0 Å². The smallest absolute Gasteiger partial charge is 0.319 e. The molecule has 1 saturated heterocycles. The third-order valence-corrected chi connectivity index (χ3v) is 3.46. The largest absolute Gasteiger partial charge is 0.367 e. The molecule has 22 heavy (non-hydrogen) atoms. The van der Waals surface area contributed by atoms with E-state index in [0.29, 0.717) is 30.6 Å². The number of ketones is 1. The summed E-state index contributed by atoms with van der Waals surface area (Å²) >= 11 is 0. The number of hydrogen-bond acceptors (Lipinski definition) is 4. The van der Waals surface area contributed by atoms with Crippen molar-refractivity contribution in [2.45, 2.75) is 32.0 Å². The van der Waals surface area contributed by atoms with Crippen molar-refractivity contribution in [3.8, 4) is 0 Å². The maximum Gasteiger partial charge on any atom is 0.319 e. The molecule has 7 nitrogen and oxygen atoms in total. The van der Waals surface area contributed by atoms with Crippen molar-refractivity contribution in [3.63, 3.8) is 0 Å². The average molecular weight is 305 g/mol. The number of carbonyl (C=O) groups excluding carboxylic acids is 3. The van der Waals surface area contributed by atoms with E-state index < -0.39 is 12.0 Å². The molecule has 0 spiro atoms. The normalized spacial score (nSPS) is 20.4. The van der Waals surface area contributed by atoms with Crippen molar-refractivity contribution in [3.05, 3.63) is 29.8 Å². The second kappa shape index (κ2) is 7.04. The van der Waals surface area contributed by atoms with Crippen molar-refractivity contribution in [1.82, 2.24) is 5.32 Å². The van der Waals surface area contributed by atoms with E-state index in [1.165, 1.54) is 6.92 Å². The van der Waals surface area contributed by atoms with Gasteiger partial charge in [-0.3, -0.25) is 9.59 Å². The molecule has 0 aromatic heterocycles. The molecule has 4 N–H and O–H groups in total. The first kappa shape index (κ1) is 16.0. The van der Waals surface area contributed by atoms with Crippen LogP contribution < -0.4 is 16.4 Å². The zero-order valence-electron chi connectivity index (χ0n) is 12.3. The summed E-state index contributed by atoms with van der Waals surface area (Å²) in [7, 11) is 0. The molecule has 2 atom stereocenters. The Bertz CT molecular complexity index is 571. The minimum absolute atomic E-state index is 0.0293. The highest BCUT2D eigenvalue weighted by molar-refractivity contribution is 5.95. The Hall–Kier alpha value is -2.41. The van der Waals surface area contributed by atoms with Gasteiger partial charge in [0.1, 0.15) is 6.10 Å². The molecule has 1 aliphatic rings. The number of benzene rings is 1. The maximum atomic E-state index is 11.8. The first-order valence-electron chi connectivity index (χ1n) is 7.06. The second-order valence-corrected chi connectivity index (χ2v) is 5.20. The fourth-order valence-electron chi connectivity index (χ4n) is 2.24. The number of rotatable bonds is 5. The molecule has 1 heterocycles. The van der Waals surface area contributed by atoms with Crippen molar-refractivity contribution in [1.29, 1.82) is 0 Å². The molecule has 7 heteroatoms. The van der Waals surface area contributed by atoms with Crippen LogP contribution in [0.4, 0.5) is 10.5 Å². The van der Waals surface area contributed by atoms with E-state index in [4.69, 9.17) is 10.5 Å². The minimum atomic E-state index is -0.561. The Balaban J connectivity index is 1.76. The molecule has 0 bridgehead atoms. The number of anilines is 1. The van der Waals surface area contributed by atoms with Gasteiger partial charge in [0.2, 0.25) is 5.91 Å². The Morgan fingerprint density at radius 1 is 1.23 bits per heavy atom. The van der Waals surface area contributed by atoms with Gasteiger partial charge in [-0.25, -0.2) is 4.79 Å². The number of primary amides is 1. The molecule has 1 aromatic carbocycles. The average Bonchev–Trinajstić information content (AvgIpc) is 2.95. The van der Waals surface area contributed by atoms with Gasteiger partial charge in [0.05, 0.1) is 6.10 Å². The summed E-state index contributed by atoms with van der Waals surface area (Å²) < 4.78 is 5.41. The summed E-state index contributed by atoms with van der Waals surface area (Å²) in [6.45, 7) is 1.79. The van der Waals surface area contributed by atoms with E-state index in [0.717, 1.165) is 0 Å². The van der Waals surface area contributed by atoms with Gasteiger partial charge in [-0.15, -0.1) is 0 Å². The molecular formula is C15H19N3O4. The van der Waals surface area contributed by atoms with Gasteiger partial charge < -0.3 is 21.1 Å². The van der Waals surface area contributed by atoms with Crippen LogP contribution in [0.15, 0.2) is 24.3 Å². The lowest BCUT2D eigenvalue weighted by Gasteiger charge is -2.13. The van der Waals surface area contributed by atoms with Crippen LogP contribution >= 0.6 is 0 Å². The number of nitrogens with two attached hydrogens (primary N) is 1. The number of urea groups is 1. The summed E-state index contributed by atoms with van der Waals surface area (Å²) in [5.74, 6) is -0.504. The van der Waals surface area contributed by atoms with Crippen LogP contribution in [-0.4, -0.2) is 36.5 Å². The number of Topliss-reactive ketones (excluding diaryl/α,β-unsaturated/α-hetero) is 1. The fraction of sp³-hybridized carbons (Fsp3) is 0.400. The molecule has 1 aromatic rings. The number of nitrogens with one attached hydrogen (secondary N) is 2. The zero-order chi connectivity index (χ0) is 16.1. The van der Waals surface area contributed by atoms with Crippen LogP contribution in [0.3, 0.4) is 0 Å². The Labute approximate surface area is 128 Å². The highest BCUT2D eigenvalue weighted by Crippen LogP contribution is 2.18. The second-order valence-electron chi connectivity index (χ2n) is 5.20. The number of carbonyl (C=O) groups is 3. The van der Waals surface area contributed by atoms with Gasteiger partial charge in [0.15, 0.2) is 5.78 Å². The van der Waals surface area contributed by atoms with E-state index >= 15 is 0 Å². The van der Waals surface area contributed by atoms with Crippen LogP contribution in [0.1, 0.15) is 30.1 Å². The molecule has 0 unspecified atom stereocenters. The molecule has 0 radical (unpaired) electrons. The molecule has 1 aliphatic heterocycles. The van der Waals surface area contributed by atoms with E-state index in [1.54, 1.807) is 24.3 Å². The lowest BCUT2D eigenvalue weighted by molar-refractivity contribution is -0.128. The highest BCUT2D eigenvalue weighted by atomic mass is 16.5. The summed E-state index contributed by atoms with van der Waals surface area (Å²) in [6.07, 6.45) is 0.495. The Kier molecular flexibility index (Phi) is 5.11. The van der Waals surface area contributed by atoms with E-state index in [-0.39, 0.29) is 17.9 Å². The summed E-state index contributed by atoms with van der Waals surface area (Å²) in [4.78, 5) is 33.9. The third-order valence-electron chi connectivity index (χ3n) is 3.46. The number of hydrogen-bond donors (Lipinski definition) is 3. The Morgan fingerprint density at radius 2 is 1.91 bits per heavy atom. The topological polar surface area (TPSA) is 111 Å². The molecule has 118 valence electrons. The van der Waals surface area contributed by atoms with Gasteiger partial charge in [0, 0.05) is 17.8 Å². The molecular weight excluding hydrogens is 286 g/mol. The minimum Gasteiger partial charge on any atom is -0.367 e. The highest BCUT2D eigenvalue weighted by Gasteiger charge is 2.29. The fourth-order valence-corrected chi connectivity index (χ4v) is 2.24. The van der Waals surface area contributed by atoms with Crippen LogP contribution in [0, 0.1) is 0 Å². The monoisotopic (exact) mass is 305 g/mol. The van der Waals surface area contributed by atoms with Gasteiger partial charge in [-0.05, 0) is 44.0 Å². The molecule has 0 saturated carbocycles. The number of amides is 3. The van der Waals surface area contributed by atoms with Crippen LogP contribution in [-0.2, 0) is 9.53 Å². The van der Waals surface area contributed by atoms with Gasteiger partial charge in [0.25, 0.3) is 0 Å². The molecule has 2 rings (SSSR count). The number of ether oxygens (including phenoxy) is 1. The SMILES string of the molecule is CC(=O)c1ccc(NC(=O)NC[C@H]2CC[C@@H](C(N)=O)O2)cc1. The van der Waals surface area contributed by atoms with Crippen molar-refractivity contribution in [2.75, 3.05) is 11.9 Å². The van der Waals surface area contributed by atoms with Crippen LogP contribution in [0.25, 0.3) is 0 Å². The van der Waals surface area contributed by atoms with Crippen molar-refractivity contribution >= 4 is 23.4 Å². The first-order valence-corrected chi connectivity index (χ1v) is 7.06. The van der Waals surface area contributed by atoms with Crippen molar-refractivity contribution < 1.29 is 19.1 Å². The van der Waals surface area contributed by atoms with Crippen molar-refractivity contribution in [2.24, 2.45) is 5.73 Å². The first-order chi connectivity index (χ1) is 10.5. The van der Waals surface area contributed by atoms with Crippen LogP contribution in [0.5, 0.6) is 0 Å². The van der Waals surface area contributed by atoms with Crippen LogP contribution in [0.2, 0.25) is 0 Å². The predicted octanol–water partition coefficient (Wildman–Crippen LogP) is 1.04. The lowest BCUT2D eigenvalue weighted by Crippen LogP contribution is -2.36.